The molecule has 244 valence electrons. The molecule has 4 aliphatic heterocycles. The standard InChI is InChI=1S/C25H42N2O4.2C2H2O4/c1-26-20-8-9-21(26)15-18(14-20)24(28)30-12-6-4-3-5-7-13-31-25(29)19-16-22-10-11-23(17-19)27(22)2;2*3-1(4)2(5)6/h18-23H,3-17H2,1-2H3;2*(H,3,4)(H,5,6)/t18?,19?,20-,21+,22-,23+;;. The molecule has 4 N–H and O–H groups in total. The SMILES string of the molecule is CN1[C@@H]2CC[C@H]1CC(C(=O)OCCCCCCCOC(=O)C1C[C@H]3CC[C@@H](C1)N3C)C2.O=C(O)C(=O)O.O=C(O)C(=O)O. The Balaban J connectivity index is 0.000000455. The summed E-state index contributed by atoms with van der Waals surface area (Å²) in [6.45, 7) is 1.10. The molecule has 4 aliphatic rings. The second kappa shape index (κ2) is 17.8. The number of rotatable bonds is 10. The molecule has 0 spiro atoms. The molecule has 0 amide bonds. The lowest BCUT2D eigenvalue weighted by Gasteiger charge is -2.35. The minimum absolute atomic E-state index is 0.0271. The largest absolute Gasteiger partial charge is 0.473 e. The average Bonchev–Trinajstić information content (AvgIpc) is 3.27. The molecule has 0 radical (unpaired) electrons. The maximum absolute atomic E-state index is 12.4. The van der Waals surface area contributed by atoms with Crippen molar-refractivity contribution < 1.29 is 58.7 Å². The van der Waals surface area contributed by atoms with E-state index in [0.717, 1.165) is 57.8 Å². The predicted octanol–water partition coefficient (Wildman–Crippen LogP) is 2.08. The number of fused-ring (bicyclic) bond motifs is 4. The Morgan fingerprint density at radius 3 is 1.02 bits per heavy atom. The van der Waals surface area contributed by atoms with Crippen LogP contribution in [0.4, 0.5) is 0 Å². The van der Waals surface area contributed by atoms with Gasteiger partial charge in [-0.25, -0.2) is 19.2 Å². The third-order valence-electron chi connectivity index (χ3n) is 9.01. The molecule has 4 heterocycles. The minimum Gasteiger partial charge on any atom is -0.473 e. The van der Waals surface area contributed by atoms with Gasteiger partial charge in [-0.1, -0.05) is 19.3 Å². The Labute approximate surface area is 251 Å². The molecule has 14 nitrogen and oxygen atoms in total. The highest BCUT2D eigenvalue weighted by Gasteiger charge is 2.42. The number of aliphatic carboxylic acids is 4. The fourth-order valence-corrected chi connectivity index (χ4v) is 6.52. The fourth-order valence-electron chi connectivity index (χ4n) is 6.52. The van der Waals surface area contributed by atoms with Crippen molar-refractivity contribution in [3.63, 3.8) is 0 Å². The number of esters is 2. The topological polar surface area (TPSA) is 208 Å². The maximum atomic E-state index is 12.4. The van der Waals surface area contributed by atoms with Gasteiger partial charge in [0, 0.05) is 24.2 Å². The van der Waals surface area contributed by atoms with Gasteiger partial charge >= 0.3 is 35.8 Å². The van der Waals surface area contributed by atoms with E-state index in [0.29, 0.717) is 37.4 Å². The Kier molecular flexibility index (Phi) is 14.8. The summed E-state index contributed by atoms with van der Waals surface area (Å²) >= 11 is 0. The molecular weight excluding hydrogens is 568 g/mol. The summed E-state index contributed by atoms with van der Waals surface area (Å²) in [6.07, 6.45) is 14.0. The van der Waals surface area contributed by atoms with Gasteiger partial charge < -0.3 is 39.7 Å². The zero-order valence-corrected chi connectivity index (χ0v) is 25.0. The fraction of sp³-hybridized carbons (Fsp3) is 0.793. The lowest BCUT2D eigenvalue weighted by molar-refractivity contribution is -0.159. The molecular formula is C29H46N2O12. The minimum atomic E-state index is -1.82. The maximum Gasteiger partial charge on any atom is 0.414 e. The zero-order valence-electron chi connectivity index (χ0n) is 25.0. The van der Waals surface area contributed by atoms with E-state index >= 15 is 0 Å². The number of ether oxygens (including phenoxy) is 2. The molecule has 0 aliphatic carbocycles. The van der Waals surface area contributed by atoms with E-state index in [2.05, 4.69) is 23.9 Å². The summed E-state index contributed by atoms with van der Waals surface area (Å²) < 4.78 is 11.1. The second-order valence-electron chi connectivity index (χ2n) is 11.8. The number of carboxylic acid groups (broad SMARTS) is 4. The number of carbonyl (C=O) groups is 6. The molecule has 14 heteroatoms. The average molecular weight is 615 g/mol. The summed E-state index contributed by atoms with van der Waals surface area (Å²) in [6, 6.07) is 2.33. The van der Waals surface area contributed by atoms with Gasteiger partial charge in [-0.2, -0.15) is 0 Å². The predicted molar refractivity (Wildman–Crippen MR) is 150 cm³/mol. The first-order valence-corrected chi connectivity index (χ1v) is 15.0. The van der Waals surface area contributed by atoms with Gasteiger partial charge in [-0.15, -0.1) is 0 Å². The van der Waals surface area contributed by atoms with Gasteiger partial charge in [0.25, 0.3) is 0 Å². The molecule has 0 aromatic heterocycles. The molecule has 2 unspecified atom stereocenters. The molecule has 0 saturated carbocycles. The number of carboxylic acids is 4. The van der Waals surface area contributed by atoms with Crippen molar-refractivity contribution in [2.24, 2.45) is 11.8 Å². The molecule has 0 aromatic carbocycles. The first kappa shape index (κ1) is 35.9. The smallest absolute Gasteiger partial charge is 0.414 e. The highest BCUT2D eigenvalue weighted by molar-refractivity contribution is 6.27. The Morgan fingerprint density at radius 2 is 0.767 bits per heavy atom. The van der Waals surface area contributed by atoms with Crippen molar-refractivity contribution in [2.75, 3.05) is 27.3 Å². The van der Waals surface area contributed by atoms with Crippen LogP contribution in [0.5, 0.6) is 0 Å². The number of carbonyl (C=O) groups excluding carboxylic acids is 2. The van der Waals surface area contributed by atoms with Crippen molar-refractivity contribution in [3.05, 3.63) is 0 Å². The number of nitrogens with zero attached hydrogens (tertiary/aromatic N) is 2. The van der Waals surface area contributed by atoms with Gasteiger partial charge in [0.1, 0.15) is 0 Å². The van der Waals surface area contributed by atoms with Crippen LogP contribution in [-0.4, -0.2) is 118 Å². The third-order valence-corrected chi connectivity index (χ3v) is 9.01. The van der Waals surface area contributed by atoms with Crippen LogP contribution in [0.15, 0.2) is 0 Å². The molecule has 4 saturated heterocycles. The van der Waals surface area contributed by atoms with E-state index in [1.165, 1.54) is 25.7 Å². The van der Waals surface area contributed by atoms with Crippen LogP contribution >= 0.6 is 0 Å². The molecule has 43 heavy (non-hydrogen) atoms. The van der Waals surface area contributed by atoms with Crippen molar-refractivity contribution in [2.45, 2.75) is 108 Å². The highest BCUT2D eigenvalue weighted by atomic mass is 16.5. The summed E-state index contributed by atoms with van der Waals surface area (Å²) in [4.78, 5) is 66.0. The van der Waals surface area contributed by atoms with Crippen LogP contribution in [0.1, 0.15) is 83.5 Å². The Bertz CT molecular complexity index is 861. The van der Waals surface area contributed by atoms with Crippen molar-refractivity contribution >= 4 is 35.8 Å². The lowest BCUT2D eigenvalue weighted by Crippen LogP contribution is -2.42. The van der Waals surface area contributed by atoms with Crippen molar-refractivity contribution in [1.82, 2.24) is 9.80 Å². The van der Waals surface area contributed by atoms with Gasteiger partial charge in [-0.3, -0.25) is 9.59 Å². The molecule has 6 atom stereocenters. The first-order valence-electron chi connectivity index (χ1n) is 15.0. The van der Waals surface area contributed by atoms with E-state index in [1.54, 1.807) is 0 Å². The molecule has 4 rings (SSSR count). The van der Waals surface area contributed by atoms with Crippen LogP contribution in [0, 0.1) is 11.8 Å². The van der Waals surface area contributed by atoms with Crippen molar-refractivity contribution in [1.29, 1.82) is 0 Å². The molecule has 0 aromatic rings. The van der Waals surface area contributed by atoms with Gasteiger partial charge in [0.2, 0.25) is 0 Å². The molecule has 4 fully saturated rings. The summed E-state index contributed by atoms with van der Waals surface area (Å²) in [5.74, 6) is -7.01. The first-order chi connectivity index (χ1) is 20.3. The monoisotopic (exact) mass is 614 g/mol. The van der Waals surface area contributed by atoms with Crippen molar-refractivity contribution in [3.8, 4) is 0 Å². The van der Waals surface area contributed by atoms with Gasteiger partial charge in [0.15, 0.2) is 0 Å². The Hall–Kier alpha value is -3.26. The quantitative estimate of drug-likeness (QED) is 0.158. The number of unbranched alkanes of at least 4 members (excludes halogenated alkanes) is 4. The van der Waals surface area contributed by atoms with Crippen LogP contribution in [-0.2, 0) is 38.2 Å². The van der Waals surface area contributed by atoms with Gasteiger partial charge in [0.05, 0.1) is 25.0 Å². The zero-order chi connectivity index (χ0) is 32.1. The van der Waals surface area contributed by atoms with E-state index in [4.69, 9.17) is 49.1 Å². The van der Waals surface area contributed by atoms with E-state index in [-0.39, 0.29) is 23.8 Å². The summed E-state index contributed by atoms with van der Waals surface area (Å²) in [5.41, 5.74) is 0. The van der Waals surface area contributed by atoms with E-state index < -0.39 is 23.9 Å². The van der Waals surface area contributed by atoms with E-state index in [9.17, 15) is 9.59 Å². The number of hydrogen-bond acceptors (Lipinski definition) is 10. The van der Waals surface area contributed by atoms with Crippen LogP contribution in [0.2, 0.25) is 0 Å². The summed E-state index contributed by atoms with van der Waals surface area (Å²) in [7, 11) is 4.39. The number of hydrogen-bond donors (Lipinski definition) is 4. The van der Waals surface area contributed by atoms with Gasteiger partial charge in [-0.05, 0) is 78.3 Å². The molecule has 4 bridgehead atoms. The number of piperidine rings is 2. The van der Waals surface area contributed by atoms with Crippen LogP contribution in [0.25, 0.3) is 0 Å². The van der Waals surface area contributed by atoms with Crippen LogP contribution < -0.4 is 0 Å². The van der Waals surface area contributed by atoms with Crippen LogP contribution in [0.3, 0.4) is 0 Å². The lowest BCUT2D eigenvalue weighted by atomic mass is 9.91. The normalized spacial score (nSPS) is 27.5. The second-order valence-corrected chi connectivity index (χ2v) is 11.8. The Morgan fingerprint density at radius 1 is 0.512 bits per heavy atom. The highest BCUT2D eigenvalue weighted by Crippen LogP contribution is 2.38. The van der Waals surface area contributed by atoms with E-state index in [1.807, 2.05) is 0 Å². The summed E-state index contributed by atoms with van der Waals surface area (Å²) in [5, 5.41) is 29.6. The third kappa shape index (κ3) is 11.7.